The number of methoxy groups -OCH3 is 1. The van der Waals surface area contributed by atoms with E-state index in [1.54, 1.807) is 7.11 Å². The second-order valence-electron chi connectivity index (χ2n) is 6.96. The quantitative estimate of drug-likeness (QED) is 0.535. The van der Waals surface area contributed by atoms with Gasteiger partial charge >= 0.3 is 0 Å². The average molecular weight is 388 g/mol. The molecule has 0 aromatic heterocycles. The molecule has 140 valence electrons. The molecule has 3 nitrogen and oxygen atoms in total. The number of hydrogen-bond donors (Lipinski definition) is 0. The maximum atomic E-state index is 5.19. The summed E-state index contributed by atoms with van der Waals surface area (Å²) in [7, 11) is 7.34. The van der Waals surface area contributed by atoms with Crippen molar-refractivity contribution in [1.29, 1.82) is 0 Å². The molecule has 2 aromatic rings. The van der Waals surface area contributed by atoms with Crippen molar-refractivity contribution in [1.82, 2.24) is 9.80 Å². The Kier molecular flexibility index (Phi) is 7.61. The van der Waals surface area contributed by atoms with Crippen molar-refractivity contribution in [3.8, 4) is 0 Å². The molecule has 0 saturated carbocycles. The second-order valence-corrected chi connectivity index (χ2v) is 8.29. The van der Waals surface area contributed by atoms with Gasteiger partial charge in [-0.1, -0.05) is 48.5 Å². The van der Waals surface area contributed by atoms with Crippen molar-refractivity contribution in [3.05, 3.63) is 59.7 Å². The smallest absolute Gasteiger partial charge is 0.0602 e. The van der Waals surface area contributed by atoms with Crippen LogP contribution in [-0.4, -0.2) is 56.2 Å². The first-order valence-electron chi connectivity index (χ1n) is 9.33. The van der Waals surface area contributed by atoms with Gasteiger partial charge < -0.3 is 9.64 Å². The van der Waals surface area contributed by atoms with Crippen LogP contribution in [0.25, 0.3) is 0 Å². The summed E-state index contributed by atoms with van der Waals surface area (Å²) in [6.45, 7) is 6.44. The van der Waals surface area contributed by atoms with Gasteiger partial charge in [-0.25, -0.2) is 0 Å². The van der Waals surface area contributed by atoms with Gasteiger partial charge in [0.1, 0.15) is 0 Å². The molecule has 1 heterocycles. The lowest BCUT2D eigenvalue weighted by atomic mass is 9.96. The minimum Gasteiger partial charge on any atom is -0.385 e. The summed E-state index contributed by atoms with van der Waals surface area (Å²) in [6, 6.07) is 18.2. The predicted molar refractivity (Wildman–Crippen MR) is 118 cm³/mol. The molecule has 26 heavy (non-hydrogen) atoms. The summed E-state index contributed by atoms with van der Waals surface area (Å²) < 4.78 is 5.19. The zero-order valence-corrected chi connectivity index (χ0v) is 17.9. The molecule has 0 N–H and O–H groups in total. The topological polar surface area (TPSA) is 15.7 Å². The summed E-state index contributed by atoms with van der Waals surface area (Å²) in [5.74, 6) is 0. The Balaban J connectivity index is 1.74. The zero-order valence-electron chi connectivity index (χ0n) is 15.6. The molecular formula is C21H30N2OP2. The zero-order chi connectivity index (χ0) is 18.4. The standard InChI is InChI=1S/C21H30N2OP2/c1-24-16-2-11-22-12-14-23(15-13-22)21(17-3-7-19(25)8-4-17)18-5-9-20(26)10-6-18/h3-10,21H,2,11-16,25-26H2,1H3. The van der Waals surface area contributed by atoms with Gasteiger partial charge in [-0.05, 0) is 28.2 Å². The fourth-order valence-corrected chi connectivity index (χ4v) is 4.03. The van der Waals surface area contributed by atoms with Crippen LogP contribution >= 0.6 is 18.5 Å². The first-order valence-corrected chi connectivity index (χ1v) is 10.5. The summed E-state index contributed by atoms with van der Waals surface area (Å²) >= 11 is 0. The van der Waals surface area contributed by atoms with Gasteiger partial charge in [-0.3, -0.25) is 4.90 Å². The highest BCUT2D eigenvalue weighted by Gasteiger charge is 2.26. The lowest BCUT2D eigenvalue weighted by Crippen LogP contribution is -2.48. The molecule has 1 saturated heterocycles. The Hall–Kier alpha value is -0.820. The van der Waals surface area contributed by atoms with Gasteiger partial charge in [0.25, 0.3) is 0 Å². The second kappa shape index (κ2) is 9.93. The Labute approximate surface area is 162 Å². The minimum atomic E-state index is 0.326. The van der Waals surface area contributed by atoms with Crippen molar-refractivity contribution in [2.45, 2.75) is 12.5 Å². The SMILES string of the molecule is COCCCN1CCN(C(c2ccc(P)cc2)c2ccc(P)cc2)CC1. The minimum absolute atomic E-state index is 0.326. The van der Waals surface area contributed by atoms with E-state index >= 15 is 0 Å². The van der Waals surface area contributed by atoms with Gasteiger partial charge in [0.15, 0.2) is 0 Å². The summed E-state index contributed by atoms with van der Waals surface area (Å²) in [5.41, 5.74) is 2.75. The molecule has 1 aliphatic heterocycles. The van der Waals surface area contributed by atoms with E-state index in [4.69, 9.17) is 4.74 Å². The van der Waals surface area contributed by atoms with Gasteiger partial charge in [-0.2, -0.15) is 0 Å². The number of nitrogens with zero attached hydrogens (tertiary/aromatic N) is 2. The Morgan fingerprint density at radius 2 is 1.35 bits per heavy atom. The van der Waals surface area contributed by atoms with Crippen LogP contribution in [0.15, 0.2) is 48.5 Å². The lowest BCUT2D eigenvalue weighted by molar-refractivity contribution is 0.0990. The van der Waals surface area contributed by atoms with Crippen LogP contribution in [0.4, 0.5) is 0 Å². The lowest BCUT2D eigenvalue weighted by Gasteiger charge is -2.40. The predicted octanol–water partition coefficient (Wildman–Crippen LogP) is 2.43. The van der Waals surface area contributed by atoms with Crippen molar-refractivity contribution >= 4 is 29.1 Å². The maximum absolute atomic E-state index is 5.19. The monoisotopic (exact) mass is 388 g/mol. The normalized spacial score (nSPS) is 16.3. The van der Waals surface area contributed by atoms with E-state index in [0.29, 0.717) is 6.04 Å². The summed E-state index contributed by atoms with van der Waals surface area (Å²) in [5, 5.41) is 2.46. The number of piperazine rings is 1. The molecule has 1 aliphatic rings. The maximum Gasteiger partial charge on any atom is 0.0602 e. The van der Waals surface area contributed by atoms with Crippen LogP contribution in [0.2, 0.25) is 0 Å². The van der Waals surface area contributed by atoms with E-state index in [0.717, 1.165) is 45.8 Å². The molecule has 2 aromatic carbocycles. The van der Waals surface area contributed by atoms with Crippen LogP contribution in [0.1, 0.15) is 23.6 Å². The van der Waals surface area contributed by atoms with Crippen molar-refractivity contribution in [3.63, 3.8) is 0 Å². The molecule has 5 heteroatoms. The van der Waals surface area contributed by atoms with E-state index in [-0.39, 0.29) is 0 Å². The van der Waals surface area contributed by atoms with Crippen LogP contribution in [-0.2, 0) is 4.74 Å². The molecule has 2 atom stereocenters. The van der Waals surface area contributed by atoms with Gasteiger partial charge in [0.05, 0.1) is 6.04 Å². The van der Waals surface area contributed by atoms with Crippen molar-refractivity contribution in [2.75, 3.05) is 46.4 Å². The molecule has 0 bridgehead atoms. The highest BCUT2D eigenvalue weighted by Crippen LogP contribution is 2.29. The Morgan fingerprint density at radius 3 is 1.81 bits per heavy atom. The van der Waals surface area contributed by atoms with Crippen molar-refractivity contribution < 1.29 is 4.74 Å². The average Bonchev–Trinajstić information content (AvgIpc) is 2.66. The molecule has 3 rings (SSSR count). The Morgan fingerprint density at radius 1 is 0.846 bits per heavy atom. The highest BCUT2D eigenvalue weighted by atomic mass is 31.0. The molecule has 1 fully saturated rings. The van der Waals surface area contributed by atoms with Gasteiger partial charge in [0.2, 0.25) is 0 Å². The third-order valence-corrected chi connectivity index (χ3v) is 5.87. The van der Waals surface area contributed by atoms with Crippen LogP contribution in [0.5, 0.6) is 0 Å². The third kappa shape index (κ3) is 5.35. The summed E-state index contributed by atoms with van der Waals surface area (Å²) in [6.07, 6.45) is 1.12. The number of benzene rings is 2. The van der Waals surface area contributed by atoms with E-state index < -0.39 is 0 Å². The van der Waals surface area contributed by atoms with E-state index in [1.807, 2.05) is 0 Å². The molecule has 0 spiro atoms. The fraction of sp³-hybridized carbons (Fsp3) is 0.429. The summed E-state index contributed by atoms with van der Waals surface area (Å²) in [4.78, 5) is 5.19. The number of hydrogen-bond acceptors (Lipinski definition) is 3. The molecule has 2 unspecified atom stereocenters. The van der Waals surface area contributed by atoms with Crippen LogP contribution in [0, 0.1) is 0 Å². The highest BCUT2D eigenvalue weighted by molar-refractivity contribution is 7.27. The number of rotatable bonds is 7. The third-order valence-electron chi connectivity index (χ3n) is 5.10. The van der Waals surface area contributed by atoms with Gasteiger partial charge in [0, 0.05) is 46.4 Å². The van der Waals surface area contributed by atoms with E-state index in [1.165, 1.54) is 21.7 Å². The van der Waals surface area contributed by atoms with Crippen molar-refractivity contribution in [2.24, 2.45) is 0 Å². The first-order chi connectivity index (χ1) is 12.7. The fourth-order valence-electron chi connectivity index (χ4n) is 3.65. The van der Waals surface area contributed by atoms with Crippen LogP contribution in [0.3, 0.4) is 0 Å². The van der Waals surface area contributed by atoms with E-state index in [9.17, 15) is 0 Å². The van der Waals surface area contributed by atoms with Crippen LogP contribution < -0.4 is 10.6 Å². The molecular weight excluding hydrogens is 358 g/mol. The van der Waals surface area contributed by atoms with Gasteiger partial charge in [-0.15, -0.1) is 18.5 Å². The Bertz CT molecular complexity index is 622. The molecule has 0 radical (unpaired) electrons. The van der Waals surface area contributed by atoms with E-state index in [2.05, 4.69) is 76.8 Å². The first kappa shape index (κ1) is 19.9. The number of ether oxygens (including phenoxy) is 1. The molecule has 0 aliphatic carbocycles. The molecule has 0 amide bonds. The largest absolute Gasteiger partial charge is 0.385 e.